The molecule has 4 atom stereocenters. The number of aliphatic hydroxyl groups is 1. The van der Waals surface area contributed by atoms with Gasteiger partial charge < -0.3 is 15.6 Å². The number of ether oxygens (including phenoxy) is 1. The fourth-order valence-electron chi connectivity index (χ4n) is 3.17. The zero-order valence-corrected chi connectivity index (χ0v) is 15.0. The molecule has 0 amide bonds. The lowest BCUT2D eigenvalue weighted by molar-refractivity contribution is -0.00247. The van der Waals surface area contributed by atoms with Crippen LogP contribution in [0.25, 0.3) is 0 Å². The van der Waals surface area contributed by atoms with Crippen molar-refractivity contribution in [3.63, 3.8) is 0 Å². The quantitative estimate of drug-likeness (QED) is 0.729. The van der Waals surface area contributed by atoms with Gasteiger partial charge in [-0.15, -0.1) is 0 Å². The van der Waals surface area contributed by atoms with Gasteiger partial charge in [-0.05, 0) is 42.6 Å². The maximum Gasteiger partial charge on any atom is 0.0720 e. The van der Waals surface area contributed by atoms with E-state index in [0.717, 1.165) is 19.3 Å². The lowest BCUT2D eigenvalue weighted by atomic mass is 9.94. The Balaban J connectivity index is 1.85. The molecule has 2 rings (SSSR count). The molecule has 2 unspecified atom stereocenters. The van der Waals surface area contributed by atoms with Crippen LogP contribution in [0, 0.1) is 17.8 Å². The molecule has 130 valence electrons. The van der Waals surface area contributed by atoms with Gasteiger partial charge in [0.05, 0.1) is 18.8 Å². The van der Waals surface area contributed by atoms with Gasteiger partial charge in [0.15, 0.2) is 0 Å². The van der Waals surface area contributed by atoms with Crippen molar-refractivity contribution in [3.8, 4) is 0 Å². The third kappa shape index (κ3) is 5.30. The summed E-state index contributed by atoms with van der Waals surface area (Å²) in [6.07, 6.45) is 2.63. The van der Waals surface area contributed by atoms with E-state index in [1.54, 1.807) is 0 Å². The van der Waals surface area contributed by atoms with E-state index in [0.29, 0.717) is 24.4 Å². The molecule has 23 heavy (non-hydrogen) atoms. The van der Waals surface area contributed by atoms with Crippen LogP contribution >= 0.6 is 0 Å². The molecule has 0 saturated heterocycles. The van der Waals surface area contributed by atoms with E-state index in [-0.39, 0.29) is 17.7 Å². The lowest BCUT2D eigenvalue weighted by Gasteiger charge is -2.26. The van der Waals surface area contributed by atoms with Crippen LogP contribution in [0.5, 0.6) is 0 Å². The first kappa shape index (κ1) is 18.4. The molecule has 0 aromatic heterocycles. The Morgan fingerprint density at radius 1 is 1.17 bits per heavy atom. The summed E-state index contributed by atoms with van der Waals surface area (Å²) in [4.78, 5) is 0. The van der Waals surface area contributed by atoms with Crippen molar-refractivity contribution in [1.29, 1.82) is 0 Å². The van der Waals surface area contributed by atoms with Crippen LogP contribution in [0.1, 0.15) is 52.5 Å². The Morgan fingerprint density at radius 3 is 2.39 bits per heavy atom. The normalized spacial score (nSPS) is 26.5. The Labute approximate surface area is 141 Å². The summed E-state index contributed by atoms with van der Waals surface area (Å²) in [5.74, 6) is 1.17. The Hall–Kier alpha value is -0.900. The highest BCUT2D eigenvalue weighted by atomic mass is 16.5. The molecule has 0 heterocycles. The Morgan fingerprint density at radius 2 is 1.83 bits per heavy atom. The van der Waals surface area contributed by atoms with Crippen molar-refractivity contribution in [1.82, 2.24) is 0 Å². The van der Waals surface area contributed by atoms with Gasteiger partial charge in [-0.3, -0.25) is 0 Å². The molecule has 0 bridgehead atoms. The fourth-order valence-corrected chi connectivity index (χ4v) is 3.17. The molecule has 3 N–H and O–H groups in total. The minimum absolute atomic E-state index is 0.151. The summed E-state index contributed by atoms with van der Waals surface area (Å²) in [6, 6.07) is 10.3. The highest BCUT2D eigenvalue weighted by Crippen LogP contribution is 2.49. The summed E-state index contributed by atoms with van der Waals surface area (Å²) in [5.41, 5.74) is 7.61. The first-order valence-corrected chi connectivity index (χ1v) is 8.94. The number of rotatable bonds is 9. The largest absolute Gasteiger partial charge is 0.393 e. The van der Waals surface area contributed by atoms with Crippen molar-refractivity contribution >= 4 is 0 Å². The van der Waals surface area contributed by atoms with Crippen molar-refractivity contribution in [2.75, 3.05) is 0 Å². The summed E-state index contributed by atoms with van der Waals surface area (Å²) in [6.45, 7) is 9.15. The van der Waals surface area contributed by atoms with E-state index in [4.69, 9.17) is 10.5 Å². The van der Waals surface area contributed by atoms with Crippen molar-refractivity contribution in [2.24, 2.45) is 23.5 Å². The molecule has 0 spiro atoms. The molecule has 0 radical (unpaired) electrons. The number of hydrogen-bond acceptors (Lipinski definition) is 3. The maximum atomic E-state index is 10.1. The van der Waals surface area contributed by atoms with E-state index in [1.165, 1.54) is 5.56 Å². The summed E-state index contributed by atoms with van der Waals surface area (Å²) in [7, 11) is 0. The molecule has 1 aromatic rings. The van der Waals surface area contributed by atoms with Gasteiger partial charge in [-0.1, -0.05) is 58.0 Å². The van der Waals surface area contributed by atoms with E-state index in [2.05, 4.69) is 39.8 Å². The fraction of sp³-hybridized carbons (Fsp3) is 0.700. The Kier molecular flexibility index (Phi) is 6.24. The highest BCUT2D eigenvalue weighted by molar-refractivity contribution is 5.14. The van der Waals surface area contributed by atoms with Gasteiger partial charge in [0.1, 0.15) is 0 Å². The topological polar surface area (TPSA) is 55.5 Å². The van der Waals surface area contributed by atoms with Crippen LogP contribution in [0.15, 0.2) is 30.3 Å². The molecule has 3 heteroatoms. The first-order valence-electron chi connectivity index (χ1n) is 8.94. The van der Waals surface area contributed by atoms with Crippen LogP contribution < -0.4 is 5.73 Å². The van der Waals surface area contributed by atoms with Crippen molar-refractivity contribution < 1.29 is 9.84 Å². The molecule has 0 aliphatic heterocycles. The number of benzene rings is 1. The van der Waals surface area contributed by atoms with E-state index in [9.17, 15) is 5.11 Å². The third-order valence-corrected chi connectivity index (χ3v) is 5.21. The molecule has 1 saturated carbocycles. The first-order chi connectivity index (χ1) is 10.8. The van der Waals surface area contributed by atoms with Gasteiger partial charge in [0.25, 0.3) is 0 Å². The molecule has 1 aliphatic rings. The van der Waals surface area contributed by atoms with Crippen LogP contribution in [0.4, 0.5) is 0 Å². The Bertz CT molecular complexity index is 474. The van der Waals surface area contributed by atoms with Crippen LogP contribution in [-0.2, 0) is 11.3 Å². The zero-order valence-electron chi connectivity index (χ0n) is 15.0. The monoisotopic (exact) mass is 319 g/mol. The molecular formula is C20H33NO2. The van der Waals surface area contributed by atoms with Crippen molar-refractivity contribution in [3.05, 3.63) is 35.9 Å². The summed E-state index contributed by atoms with van der Waals surface area (Å²) < 4.78 is 6.16. The molecular weight excluding hydrogens is 286 g/mol. The van der Waals surface area contributed by atoms with E-state index >= 15 is 0 Å². The second-order valence-electron chi connectivity index (χ2n) is 7.96. The van der Waals surface area contributed by atoms with Gasteiger partial charge in [-0.2, -0.15) is 0 Å². The molecule has 1 fully saturated rings. The van der Waals surface area contributed by atoms with E-state index < -0.39 is 0 Å². The van der Waals surface area contributed by atoms with Gasteiger partial charge in [0, 0.05) is 5.54 Å². The van der Waals surface area contributed by atoms with Gasteiger partial charge in [0.2, 0.25) is 0 Å². The number of aliphatic hydroxyl groups excluding tert-OH is 1. The summed E-state index contributed by atoms with van der Waals surface area (Å²) in [5, 5.41) is 10.1. The SMILES string of the molecule is CC(C)C(O)C[C@@H]1C[C@@]1(N)CC(OCc1ccccc1)C(C)C. The predicted molar refractivity (Wildman–Crippen MR) is 95.0 cm³/mol. The average molecular weight is 319 g/mol. The molecule has 3 nitrogen and oxygen atoms in total. The number of hydrogen-bond donors (Lipinski definition) is 2. The van der Waals surface area contributed by atoms with Crippen molar-refractivity contribution in [2.45, 2.75) is 71.3 Å². The van der Waals surface area contributed by atoms with Crippen LogP contribution in [0.3, 0.4) is 0 Å². The van der Waals surface area contributed by atoms with Crippen LogP contribution in [0.2, 0.25) is 0 Å². The zero-order chi connectivity index (χ0) is 17.0. The second-order valence-corrected chi connectivity index (χ2v) is 7.96. The molecule has 1 aromatic carbocycles. The minimum Gasteiger partial charge on any atom is -0.393 e. The predicted octanol–water partition coefficient (Wildman–Crippen LogP) is 3.74. The lowest BCUT2D eigenvalue weighted by Crippen LogP contribution is -2.35. The molecule has 1 aliphatic carbocycles. The second kappa shape index (κ2) is 7.78. The maximum absolute atomic E-state index is 10.1. The van der Waals surface area contributed by atoms with E-state index in [1.807, 2.05) is 18.2 Å². The highest BCUT2D eigenvalue weighted by Gasteiger charge is 2.52. The summed E-state index contributed by atoms with van der Waals surface area (Å²) >= 11 is 0. The average Bonchev–Trinajstić information content (AvgIpc) is 3.13. The minimum atomic E-state index is -0.242. The smallest absolute Gasteiger partial charge is 0.0720 e. The van der Waals surface area contributed by atoms with Gasteiger partial charge >= 0.3 is 0 Å². The third-order valence-electron chi connectivity index (χ3n) is 5.21. The standard InChI is InChI=1S/C20H33NO2/c1-14(2)18(22)10-17-11-20(17,21)12-19(15(3)4)23-13-16-8-6-5-7-9-16/h5-9,14-15,17-19,22H,10-13,21H2,1-4H3/t17-,18?,19?,20-/m1/s1. The van der Waals surface area contributed by atoms with Gasteiger partial charge in [-0.25, -0.2) is 0 Å². The number of nitrogens with two attached hydrogens (primary N) is 1. The van der Waals surface area contributed by atoms with Crippen LogP contribution in [-0.4, -0.2) is 22.9 Å².